The topological polar surface area (TPSA) is 92.1 Å². The van der Waals surface area contributed by atoms with Gasteiger partial charge in [0.05, 0.1) is 12.5 Å². The molecule has 19 heavy (non-hydrogen) atoms. The summed E-state index contributed by atoms with van der Waals surface area (Å²) in [6.45, 7) is 1.81. The zero-order chi connectivity index (χ0) is 14.0. The average Bonchev–Trinajstić information content (AvgIpc) is 2.91. The molecule has 1 aromatic heterocycles. The zero-order valence-electron chi connectivity index (χ0n) is 10.7. The van der Waals surface area contributed by atoms with Crippen LogP contribution in [0.3, 0.4) is 0 Å². The Hall–Kier alpha value is -1.86. The number of nitrogens with zero attached hydrogens (tertiary/aromatic N) is 2. The number of H-pyrrole nitrogens is 1. The van der Waals surface area contributed by atoms with Gasteiger partial charge in [-0.1, -0.05) is 12.1 Å². The molecule has 0 amide bonds. The predicted octanol–water partition coefficient (Wildman–Crippen LogP) is 1.37. The molecule has 0 fully saturated rings. The summed E-state index contributed by atoms with van der Waals surface area (Å²) in [5, 5.41) is 0.0748. The van der Waals surface area contributed by atoms with Gasteiger partial charge < -0.3 is 10.7 Å². The number of sulfonamides is 1. The lowest BCUT2D eigenvalue weighted by molar-refractivity contribution is 0.397. The molecule has 1 aromatic carbocycles. The SMILES string of the molecule is CC(c1cccc(N)c1)N(C)S(=O)(=O)c1cnc[nH]1. The minimum absolute atomic E-state index is 0.0748. The van der Waals surface area contributed by atoms with E-state index < -0.39 is 10.0 Å². The number of nitrogens with two attached hydrogens (primary N) is 1. The molecule has 0 bridgehead atoms. The van der Waals surface area contributed by atoms with E-state index in [0.717, 1.165) is 5.56 Å². The number of nitrogens with one attached hydrogen (secondary N) is 1. The van der Waals surface area contributed by atoms with E-state index in [2.05, 4.69) is 9.97 Å². The molecule has 1 atom stereocenters. The van der Waals surface area contributed by atoms with E-state index in [-0.39, 0.29) is 11.1 Å². The highest BCUT2D eigenvalue weighted by atomic mass is 32.2. The molecular formula is C12H16N4O2S. The maximum atomic E-state index is 12.3. The summed E-state index contributed by atoms with van der Waals surface area (Å²) in [5.41, 5.74) is 7.16. The van der Waals surface area contributed by atoms with Crippen molar-refractivity contribution in [2.75, 3.05) is 12.8 Å². The number of hydrogen-bond donors (Lipinski definition) is 2. The van der Waals surface area contributed by atoms with Crippen LogP contribution in [0.2, 0.25) is 0 Å². The van der Waals surface area contributed by atoms with Crippen molar-refractivity contribution in [1.29, 1.82) is 0 Å². The number of aromatic amines is 1. The number of anilines is 1. The first-order chi connectivity index (χ1) is 8.93. The zero-order valence-corrected chi connectivity index (χ0v) is 11.6. The fourth-order valence-corrected chi connectivity index (χ4v) is 3.02. The van der Waals surface area contributed by atoms with Gasteiger partial charge in [-0.05, 0) is 24.6 Å². The Morgan fingerprint density at radius 2 is 2.16 bits per heavy atom. The maximum absolute atomic E-state index is 12.3. The van der Waals surface area contributed by atoms with Crippen LogP contribution in [0.15, 0.2) is 41.8 Å². The highest BCUT2D eigenvalue weighted by Gasteiger charge is 2.27. The lowest BCUT2D eigenvalue weighted by Crippen LogP contribution is -2.30. The quantitative estimate of drug-likeness (QED) is 0.827. The van der Waals surface area contributed by atoms with Gasteiger partial charge in [0.15, 0.2) is 5.03 Å². The number of nitrogen functional groups attached to an aromatic ring is 1. The van der Waals surface area contributed by atoms with E-state index in [9.17, 15) is 8.42 Å². The first-order valence-electron chi connectivity index (χ1n) is 5.75. The van der Waals surface area contributed by atoms with E-state index in [1.807, 2.05) is 13.0 Å². The van der Waals surface area contributed by atoms with E-state index in [1.54, 1.807) is 18.2 Å². The Balaban J connectivity index is 2.32. The van der Waals surface area contributed by atoms with Crippen LogP contribution in [-0.2, 0) is 10.0 Å². The average molecular weight is 280 g/mol. The fraction of sp³-hybridized carbons (Fsp3) is 0.250. The van der Waals surface area contributed by atoms with Crippen molar-refractivity contribution in [3.05, 3.63) is 42.4 Å². The molecule has 0 radical (unpaired) electrons. The van der Waals surface area contributed by atoms with Gasteiger partial charge in [-0.15, -0.1) is 0 Å². The molecule has 0 spiro atoms. The maximum Gasteiger partial charge on any atom is 0.260 e. The Kier molecular flexibility index (Phi) is 3.59. The molecule has 0 aliphatic carbocycles. The van der Waals surface area contributed by atoms with Gasteiger partial charge in [-0.3, -0.25) is 0 Å². The highest BCUT2D eigenvalue weighted by molar-refractivity contribution is 7.89. The molecule has 1 heterocycles. The predicted molar refractivity (Wildman–Crippen MR) is 72.8 cm³/mol. The Labute approximate surface area is 112 Å². The molecule has 0 saturated carbocycles. The number of imidazole rings is 1. The summed E-state index contributed by atoms with van der Waals surface area (Å²) >= 11 is 0. The lowest BCUT2D eigenvalue weighted by atomic mass is 10.1. The van der Waals surface area contributed by atoms with Crippen LogP contribution in [0.5, 0.6) is 0 Å². The lowest BCUT2D eigenvalue weighted by Gasteiger charge is -2.24. The number of aromatic nitrogens is 2. The third kappa shape index (κ3) is 2.61. The summed E-state index contributed by atoms with van der Waals surface area (Å²) < 4.78 is 25.9. The molecule has 6 nitrogen and oxygen atoms in total. The summed E-state index contributed by atoms with van der Waals surface area (Å²) in [5.74, 6) is 0. The summed E-state index contributed by atoms with van der Waals surface area (Å²) in [7, 11) is -2.05. The molecule has 1 unspecified atom stereocenters. The Morgan fingerprint density at radius 1 is 1.42 bits per heavy atom. The van der Waals surface area contributed by atoms with E-state index in [0.29, 0.717) is 5.69 Å². The van der Waals surface area contributed by atoms with Crippen LogP contribution in [0.25, 0.3) is 0 Å². The van der Waals surface area contributed by atoms with Gasteiger partial charge in [-0.25, -0.2) is 13.4 Å². The largest absolute Gasteiger partial charge is 0.399 e. The fourth-order valence-electron chi connectivity index (χ4n) is 1.78. The highest BCUT2D eigenvalue weighted by Crippen LogP contribution is 2.25. The normalized spacial score (nSPS) is 13.6. The Morgan fingerprint density at radius 3 is 2.74 bits per heavy atom. The molecule has 0 aliphatic rings. The molecule has 102 valence electrons. The van der Waals surface area contributed by atoms with Gasteiger partial charge in [0.25, 0.3) is 10.0 Å². The van der Waals surface area contributed by atoms with Crippen molar-refractivity contribution in [2.24, 2.45) is 0 Å². The first-order valence-corrected chi connectivity index (χ1v) is 7.19. The monoisotopic (exact) mass is 280 g/mol. The van der Waals surface area contributed by atoms with Crippen molar-refractivity contribution in [3.8, 4) is 0 Å². The number of benzene rings is 1. The standard InChI is InChI=1S/C12H16N4O2S/c1-9(10-4-3-5-11(13)6-10)16(2)19(17,18)12-7-14-8-15-12/h3-9H,13H2,1-2H3,(H,14,15). The van der Waals surface area contributed by atoms with E-state index >= 15 is 0 Å². The van der Waals surface area contributed by atoms with Gasteiger partial charge >= 0.3 is 0 Å². The Bertz CT molecular complexity index is 652. The van der Waals surface area contributed by atoms with Gasteiger partial charge in [0.2, 0.25) is 0 Å². The molecule has 2 aromatic rings. The van der Waals surface area contributed by atoms with Crippen molar-refractivity contribution >= 4 is 15.7 Å². The van der Waals surface area contributed by atoms with Gasteiger partial charge in [-0.2, -0.15) is 4.31 Å². The van der Waals surface area contributed by atoms with E-state index in [4.69, 9.17) is 5.73 Å². The van der Waals surface area contributed by atoms with Crippen molar-refractivity contribution in [3.63, 3.8) is 0 Å². The van der Waals surface area contributed by atoms with Crippen molar-refractivity contribution < 1.29 is 8.42 Å². The summed E-state index contributed by atoms with van der Waals surface area (Å²) in [4.78, 5) is 6.35. The van der Waals surface area contributed by atoms with Gasteiger partial charge in [0, 0.05) is 18.8 Å². The van der Waals surface area contributed by atoms with Crippen LogP contribution in [0.4, 0.5) is 5.69 Å². The molecule has 3 N–H and O–H groups in total. The molecule has 2 rings (SSSR count). The third-order valence-electron chi connectivity index (χ3n) is 3.07. The minimum Gasteiger partial charge on any atom is -0.399 e. The second kappa shape index (κ2) is 5.02. The van der Waals surface area contributed by atoms with Crippen molar-refractivity contribution in [1.82, 2.24) is 14.3 Å². The first kappa shape index (κ1) is 13.6. The number of hydrogen-bond acceptors (Lipinski definition) is 4. The van der Waals surface area contributed by atoms with Crippen LogP contribution >= 0.6 is 0 Å². The van der Waals surface area contributed by atoms with Crippen molar-refractivity contribution in [2.45, 2.75) is 18.0 Å². The number of rotatable bonds is 4. The van der Waals surface area contributed by atoms with E-state index in [1.165, 1.54) is 23.9 Å². The van der Waals surface area contributed by atoms with Crippen LogP contribution in [-0.4, -0.2) is 29.7 Å². The molecule has 0 saturated heterocycles. The van der Waals surface area contributed by atoms with Gasteiger partial charge in [0.1, 0.15) is 0 Å². The minimum atomic E-state index is -3.58. The molecule has 0 aliphatic heterocycles. The summed E-state index contributed by atoms with van der Waals surface area (Å²) in [6.07, 6.45) is 2.63. The van der Waals surface area contributed by atoms with Crippen LogP contribution in [0, 0.1) is 0 Å². The second-order valence-corrected chi connectivity index (χ2v) is 6.25. The smallest absolute Gasteiger partial charge is 0.260 e. The molecule has 7 heteroatoms. The van der Waals surface area contributed by atoms with Crippen LogP contribution in [0.1, 0.15) is 18.5 Å². The second-order valence-electron chi connectivity index (χ2n) is 4.28. The molecular weight excluding hydrogens is 264 g/mol. The third-order valence-corrected chi connectivity index (χ3v) is 4.92. The van der Waals surface area contributed by atoms with Crippen LogP contribution < -0.4 is 5.73 Å². The summed E-state index contributed by atoms with van der Waals surface area (Å²) in [6, 6.07) is 6.86.